The van der Waals surface area contributed by atoms with Crippen molar-refractivity contribution in [1.29, 1.82) is 0 Å². The predicted molar refractivity (Wildman–Crippen MR) is 95.8 cm³/mol. The second-order valence-corrected chi connectivity index (χ2v) is 6.13. The molecule has 1 N–H and O–H groups in total. The lowest BCUT2D eigenvalue weighted by Gasteiger charge is -2.13. The first-order chi connectivity index (χ1) is 10.6. The summed E-state index contributed by atoms with van der Waals surface area (Å²) in [6, 6.07) is 16.5. The minimum Gasteiger partial charge on any atom is -0.386 e. The third-order valence-corrected chi connectivity index (χ3v) is 4.20. The molecule has 0 aliphatic heterocycles. The van der Waals surface area contributed by atoms with Gasteiger partial charge in [-0.05, 0) is 29.7 Å². The number of nitrogens with one attached hydrogen (secondary N) is 1. The van der Waals surface area contributed by atoms with Crippen LogP contribution >= 0.6 is 11.6 Å². The molecular weight excluding hydrogens is 292 g/mol. The largest absolute Gasteiger partial charge is 0.386 e. The smallest absolute Gasteiger partial charge is 0.0941 e. The lowest BCUT2D eigenvalue weighted by atomic mass is 9.98. The van der Waals surface area contributed by atoms with Crippen LogP contribution in [0.5, 0.6) is 0 Å². The third-order valence-electron chi connectivity index (χ3n) is 3.89. The molecule has 1 aromatic heterocycles. The Bertz CT molecular complexity index is 825. The van der Waals surface area contributed by atoms with E-state index in [1.807, 2.05) is 25.2 Å². The van der Waals surface area contributed by atoms with Crippen LogP contribution in [0.1, 0.15) is 25.3 Å². The molecule has 3 heteroatoms. The van der Waals surface area contributed by atoms with Crippen LogP contribution < -0.4 is 5.32 Å². The zero-order valence-electron chi connectivity index (χ0n) is 13.0. The summed E-state index contributed by atoms with van der Waals surface area (Å²) in [7, 11) is 1.92. The normalized spacial score (nSPS) is 11.1. The van der Waals surface area contributed by atoms with Crippen molar-refractivity contribution in [3.05, 3.63) is 59.1 Å². The molecule has 22 heavy (non-hydrogen) atoms. The van der Waals surface area contributed by atoms with Gasteiger partial charge in [-0.1, -0.05) is 55.8 Å². The van der Waals surface area contributed by atoms with Gasteiger partial charge in [-0.25, -0.2) is 4.98 Å². The number of aromatic nitrogens is 1. The fourth-order valence-electron chi connectivity index (χ4n) is 2.62. The van der Waals surface area contributed by atoms with Gasteiger partial charge in [0.2, 0.25) is 0 Å². The molecular formula is C19H19ClN2. The molecule has 0 spiro atoms. The van der Waals surface area contributed by atoms with Crippen LogP contribution in [0.2, 0.25) is 5.02 Å². The number of pyridine rings is 1. The number of benzene rings is 2. The summed E-state index contributed by atoms with van der Waals surface area (Å²) in [6.45, 7) is 4.39. The highest BCUT2D eigenvalue weighted by Crippen LogP contribution is 2.33. The number of fused-ring (bicyclic) bond motifs is 1. The van der Waals surface area contributed by atoms with Crippen molar-refractivity contribution in [1.82, 2.24) is 4.98 Å². The number of hydrogen-bond donors (Lipinski definition) is 1. The average Bonchev–Trinajstić information content (AvgIpc) is 2.54. The van der Waals surface area contributed by atoms with Crippen molar-refractivity contribution < 1.29 is 0 Å². The quantitative estimate of drug-likeness (QED) is 0.669. The van der Waals surface area contributed by atoms with E-state index in [-0.39, 0.29) is 0 Å². The van der Waals surface area contributed by atoms with Crippen LogP contribution in [-0.2, 0) is 0 Å². The lowest BCUT2D eigenvalue weighted by molar-refractivity contribution is 0.867. The Morgan fingerprint density at radius 2 is 1.82 bits per heavy atom. The van der Waals surface area contributed by atoms with Gasteiger partial charge in [-0.2, -0.15) is 0 Å². The van der Waals surface area contributed by atoms with Crippen LogP contribution in [0.4, 0.5) is 5.69 Å². The Hall–Kier alpha value is -2.06. The minimum absolute atomic E-state index is 0.488. The van der Waals surface area contributed by atoms with Gasteiger partial charge in [-0.15, -0.1) is 0 Å². The van der Waals surface area contributed by atoms with Crippen molar-refractivity contribution in [2.75, 3.05) is 12.4 Å². The van der Waals surface area contributed by atoms with Crippen molar-refractivity contribution in [3.63, 3.8) is 0 Å². The molecule has 0 aliphatic rings. The molecule has 0 fully saturated rings. The number of rotatable bonds is 3. The molecule has 0 bridgehead atoms. The molecule has 1 heterocycles. The molecule has 112 valence electrons. The maximum atomic E-state index is 6.31. The third kappa shape index (κ3) is 2.67. The van der Waals surface area contributed by atoms with E-state index < -0.39 is 0 Å². The summed E-state index contributed by atoms with van der Waals surface area (Å²) < 4.78 is 0. The highest BCUT2D eigenvalue weighted by atomic mass is 35.5. The second-order valence-electron chi connectivity index (χ2n) is 5.73. The van der Waals surface area contributed by atoms with E-state index in [4.69, 9.17) is 16.6 Å². The Labute approximate surface area is 136 Å². The maximum Gasteiger partial charge on any atom is 0.0941 e. The van der Waals surface area contributed by atoms with E-state index in [1.54, 1.807) is 0 Å². The topological polar surface area (TPSA) is 24.9 Å². The van der Waals surface area contributed by atoms with E-state index in [1.165, 1.54) is 5.56 Å². The van der Waals surface area contributed by atoms with Gasteiger partial charge in [0.05, 0.1) is 21.9 Å². The number of halogens is 1. The average molecular weight is 311 g/mol. The summed E-state index contributed by atoms with van der Waals surface area (Å²) in [6.07, 6.45) is 0. The van der Waals surface area contributed by atoms with Gasteiger partial charge >= 0.3 is 0 Å². The van der Waals surface area contributed by atoms with E-state index in [9.17, 15) is 0 Å². The molecule has 0 saturated carbocycles. The van der Waals surface area contributed by atoms with Crippen LogP contribution in [-0.4, -0.2) is 12.0 Å². The van der Waals surface area contributed by atoms with E-state index in [0.29, 0.717) is 10.9 Å². The molecule has 0 saturated heterocycles. The Morgan fingerprint density at radius 1 is 1.05 bits per heavy atom. The van der Waals surface area contributed by atoms with Crippen molar-refractivity contribution >= 4 is 28.2 Å². The summed E-state index contributed by atoms with van der Waals surface area (Å²) in [5.74, 6) is 0.488. The first kappa shape index (κ1) is 14.9. The zero-order chi connectivity index (χ0) is 15.7. The van der Waals surface area contributed by atoms with Crippen molar-refractivity contribution in [3.8, 4) is 11.3 Å². The summed E-state index contributed by atoms with van der Waals surface area (Å²) in [5, 5.41) is 4.97. The summed E-state index contributed by atoms with van der Waals surface area (Å²) in [4.78, 5) is 4.82. The monoisotopic (exact) mass is 310 g/mol. The van der Waals surface area contributed by atoms with Crippen LogP contribution in [0.15, 0.2) is 48.5 Å². The van der Waals surface area contributed by atoms with Crippen molar-refractivity contribution in [2.24, 2.45) is 0 Å². The first-order valence-corrected chi connectivity index (χ1v) is 7.85. The number of para-hydroxylation sites is 1. The van der Waals surface area contributed by atoms with Gasteiger partial charge < -0.3 is 5.32 Å². The molecule has 3 aromatic rings. The fourth-order valence-corrected chi connectivity index (χ4v) is 2.84. The molecule has 2 aromatic carbocycles. The minimum atomic E-state index is 0.488. The van der Waals surface area contributed by atoms with E-state index >= 15 is 0 Å². The number of hydrogen-bond acceptors (Lipinski definition) is 2. The first-order valence-electron chi connectivity index (χ1n) is 7.47. The van der Waals surface area contributed by atoms with Gasteiger partial charge in [0.1, 0.15) is 0 Å². The summed E-state index contributed by atoms with van der Waals surface area (Å²) >= 11 is 6.31. The Morgan fingerprint density at radius 3 is 2.55 bits per heavy atom. The molecule has 0 aliphatic carbocycles. The van der Waals surface area contributed by atoms with E-state index in [2.05, 4.69) is 49.5 Å². The SMILES string of the molecule is CNc1cc2cccc(Cl)c2nc1-c1cccc(C(C)C)c1. The lowest BCUT2D eigenvalue weighted by Crippen LogP contribution is -1.97. The van der Waals surface area contributed by atoms with Crippen LogP contribution in [0.25, 0.3) is 22.2 Å². The van der Waals surface area contributed by atoms with Gasteiger partial charge in [0, 0.05) is 18.0 Å². The van der Waals surface area contributed by atoms with Gasteiger partial charge in [-0.3, -0.25) is 0 Å². The predicted octanol–water partition coefficient (Wildman–Crippen LogP) is 5.72. The highest BCUT2D eigenvalue weighted by molar-refractivity contribution is 6.35. The molecule has 2 nitrogen and oxygen atoms in total. The molecule has 3 rings (SSSR count). The van der Waals surface area contributed by atoms with Crippen LogP contribution in [0.3, 0.4) is 0 Å². The number of nitrogens with zero attached hydrogens (tertiary/aromatic N) is 1. The molecule has 0 radical (unpaired) electrons. The fraction of sp³-hybridized carbons (Fsp3) is 0.211. The number of anilines is 1. The second kappa shape index (κ2) is 5.98. The van der Waals surface area contributed by atoms with E-state index in [0.717, 1.165) is 27.8 Å². The Kier molecular flexibility index (Phi) is 4.04. The van der Waals surface area contributed by atoms with Gasteiger partial charge in [0.25, 0.3) is 0 Å². The molecule has 0 atom stereocenters. The van der Waals surface area contributed by atoms with Crippen LogP contribution in [0, 0.1) is 0 Å². The Balaban J connectivity index is 2.25. The molecule has 0 amide bonds. The van der Waals surface area contributed by atoms with Crippen molar-refractivity contribution in [2.45, 2.75) is 19.8 Å². The maximum absolute atomic E-state index is 6.31. The summed E-state index contributed by atoms with van der Waals surface area (Å²) in [5.41, 5.74) is 5.20. The standard InChI is InChI=1S/C19H19ClN2/c1-12(2)13-6-4-7-14(10-13)19-17(21-3)11-15-8-5-9-16(20)18(15)22-19/h4-12,21H,1-3H3. The molecule has 0 unspecified atom stereocenters. The highest BCUT2D eigenvalue weighted by Gasteiger charge is 2.11. The zero-order valence-corrected chi connectivity index (χ0v) is 13.8. The van der Waals surface area contributed by atoms with Gasteiger partial charge in [0.15, 0.2) is 0 Å².